The molecule has 0 saturated heterocycles. The molecule has 1 aromatic heterocycles. The number of hydrogen-bond acceptors (Lipinski definition) is 5. The van der Waals surface area contributed by atoms with Crippen LogP contribution in [0.2, 0.25) is 5.02 Å². The van der Waals surface area contributed by atoms with E-state index in [0.717, 1.165) is 5.69 Å². The van der Waals surface area contributed by atoms with Crippen molar-refractivity contribution >= 4 is 56.7 Å². The fourth-order valence-corrected chi connectivity index (χ4v) is 2.21. The van der Waals surface area contributed by atoms with E-state index in [0.29, 0.717) is 22.5 Å². The van der Waals surface area contributed by atoms with E-state index in [-0.39, 0.29) is 17.0 Å². The summed E-state index contributed by atoms with van der Waals surface area (Å²) >= 11 is 7.22. The molecule has 0 fully saturated rings. The fourth-order valence-electron chi connectivity index (χ4n) is 1.32. The largest absolute Gasteiger partial charge is 0.461 e. The highest BCUT2D eigenvalue weighted by molar-refractivity contribution is 8.93. The van der Waals surface area contributed by atoms with Gasteiger partial charge < -0.3 is 10.1 Å². The number of hydrogen-bond donors (Lipinski definition) is 1. The van der Waals surface area contributed by atoms with Gasteiger partial charge in [-0.1, -0.05) is 17.7 Å². The number of nitrogens with zero attached hydrogens (tertiary/aromatic N) is 1. The molecule has 102 valence electrons. The number of anilines is 2. The van der Waals surface area contributed by atoms with Crippen LogP contribution < -0.4 is 5.32 Å². The molecule has 0 unspecified atom stereocenters. The summed E-state index contributed by atoms with van der Waals surface area (Å²) in [6.07, 6.45) is 0. The van der Waals surface area contributed by atoms with E-state index in [4.69, 9.17) is 16.3 Å². The van der Waals surface area contributed by atoms with Crippen LogP contribution >= 0.6 is 39.9 Å². The lowest BCUT2D eigenvalue weighted by atomic mass is 10.3. The molecule has 0 radical (unpaired) electrons. The zero-order valence-electron chi connectivity index (χ0n) is 10.1. The Morgan fingerprint density at radius 3 is 3.00 bits per heavy atom. The Balaban J connectivity index is 0.00000180. The molecule has 2 rings (SSSR count). The van der Waals surface area contributed by atoms with Gasteiger partial charge in [0.1, 0.15) is 0 Å². The number of ether oxygens (including phenoxy) is 1. The third-order valence-corrected chi connectivity index (χ3v) is 3.06. The van der Waals surface area contributed by atoms with Crippen LogP contribution in [0.1, 0.15) is 17.4 Å². The van der Waals surface area contributed by atoms with Gasteiger partial charge in [-0.05, 0) is 25.1 Å². The lowest BCUT2D eigenvalue weighted by Gasteiger charge is -2.02. The Morgan fingerprint density at radius 2 is 2.32 bits per heavy atom. The normalized spacial score (nSPS) is 9.58. The number of halogens is 2. The van der Waals surface area contributed by atoms with Crippen LogP contribution in [0.5, 0.6) is 0 Å². The van der Waals surface area contributed by atoms with Gasteiger partial charge >= 0.3 is 5.97 Å². The minimum absolute atomic E-state index is 0. The first-order valence-corrected chi connectivity index (χ1v) is 6.60. The summed E-state index contributed by atoms with van der Waals surface area (Å²) in [6.45, 7) is 2.10. The third kappa shape index (κ3) is 4.49. The predicted molar refractivity (Wildman–Crippen MR) is 83.1 cm³/mol. The molecule has 0 amide bonds. The van der Waals surface area contributed by atoms with Gasteiger partial charge in [0.2, 0.25) is 0 Å². The Labute approximate surface area is 130 Å². The van der Waals surface area contributed by atoms with Gasteiger partial charge in [-0.2, -0.15) is 0 Å². The minimum atomic E-state index is -0.409. The van der Waals surface area contributed by atoms with Crippen LogP contribution in [-0.4, -0.2) is 17.6 Å². The number of nitrogens with one attached hydrogen (secondary N) is 1. The summed E-state index contributed by atoms with van der Waals surface area (Å²) in [7, 11) is 0. The van der Waals surface area contributed by atoms with E-state index in [1.807, 2.05) is 12.1 Å². The number of rotatable bonds is 4. The van der Waals surface area contributed by atoms with Crippen LogP contribution in [0.25, 0.3) is 0 Å². The second-order valence-corrected chi connectivity index (χ2v) is 4.69. The molecular formula is C12H12BrClN2O2S. The molecular weight excluding hydrogens is 352 g/mol. The van der Waals surface area contributed by atoms with Crippen LogP contribution in [0, 0.1) is 0 Å². The fraction of sp³-hybridized carbons (Fsp3) is 0.167. The van der Waals surface area contributed by atoms with E-state index >= 15 is 0 Å². The van der Waals surface area contributed by atoms with Crippen LogP contribution in [0.3, 0.4) is 0 Å². The maximum absolute atomic E-state index is 11.4. The highest BCUT2D eigenvalue weighted by atomic mass is 79.9. The van der Waals surface area contributed by atoms with Crippen molar-refractivity contribution in [1.82, 2.24) is 4.98 Å². The molecule has 1 aromatic carbocycles. The van der Waals surface area contributed by atoms with Crippen molar-refractivity contribution in [2.45, 2.75) is 6.92 Å². The highest BCUT2D eigenvalue weighted by Crippen LogP contribution is 2.23. The number of thiazole rings is 1. The molecule has 0 bridgehead atoms. The molecule has 7 heteroatoms. The average Bonchev–Trinajstić information content (AvgIpc) is 2.78. The summed E-state index contributed by atoms with van der Waals surface area (Å²) in [6, 6.07) is 7.29. The number of esters is 1. The molecule has 1 N–H and O–H groups in total. The smallest absolute Gasteiger partial charge is 0.357 e. The van der Waals surface area contributed by atoms with Crippen molar-refractivity contribution < 1.29 is 9.53 Å². The van der Waals surface area contributed by atoms with Crippen LogP contribution in [0.4, 0.5) is 10.8 Å². The predicted octanol–water partition coefficient (Wildman–Crippen LogP) is 4.29. The molecule has 0 saturated carbocycles. The van der Waals surface area contributed by atoms with Gasteiger partial charge in [0.15, 0.2) is 10.8 Å². The van der Waals surface area contributed by atoms with E-state index in [1.165, 1.54) is 11.3 Å². The molecule has 0 spiro atoms. The quantitative estimate of drug-likeness (QED) is 0.823. The summed E-state index contributed by atoms with van der Waals surface area (Å²) in [5.74, 6) is -0.409. The number of aromatic nitrogens is 1. The van der Waals surface area contributed by atoms with E-state index in [1.54, 1.807) is 24.4 Å². The first-order chi connectivity index (χ1) is 8.69. The van der Waals surface area contributed by atoms with E-state index < -0.39 is 5.97 Å². The molecule has 0 aliphatic carbocycles. The van der Waals surface area contributed by atoms with E-state index in [2.05, 4.69) is 10.3 Å². The van der Waals surface area contributed by atoms with Crippen molar-refractivity contribution in [2.75, 3.05) is 11.9 Å². The first-order valence-electron chi connectivity index (χ1n) is 5.34. The first kappa shape index (κ1) is 15.9. The maximum Gasteiger partial charge on any atom is 0.357 e. The second kappa shape index (κ2) is 7.47. The lowest BCUT2D eigenvalue weighted by molar-refractivity contribution is 0.0520. The standard InChI is InChI=1S/C12H11ClN2O2S.BrH/c1-2-17-11(16)10-7-18-12(15-10)14-9-5-3-4-8(13)6-9;/h3-7H,2H2,1H3,(H,14,15);1H. The zero-order chi connectivity index (χ0) is 13.0. The summed E-state index contributed by atoms with van der Waals surface area (Å²) in [5.41, 5.74) is 1.14. The summed E-state index contributed by atoms with van der Waals surface area (Å²) in [5, 5.41) is 6.00. The molecule has 0 aliphatic rings. The van der Waals surface area contributed by atoms with Crippen molar-refractivity contribution in [3.05, 3.63) is 40.4 Å². The Kier molecular flexibility index (Phi) is 6.27. The van der Waals surface area contributed by atoms with Crippen molar-refractivity contribution in [3.63, 3.8) is 0 Å². The van der Waals surface area contributed by atoms with Gasteiger partial charge in [-0.25, -0.2) is 9.78 Å². The van der Waals surface area contributed by atoms with Crippen molar-refractivity contribution in [3.8, 4) is 0 Å². The molecule has 0 aliphatic heterocycles. The highest BCUT2D eigenvalue weighted by Gasteiger charge is 2.11. The number of benzene rings is 1. The zero-order valence-corrected chi connectivity index (χ0v) is 13.3. The molecule has 19 heavy (non-hydrogen) atoms. The topological polar surface area (TPSA) is 51.2 Å². The third-order valence-electron chi connectivity index (χ3n) is 2.06. The van der Waals surface area contributed by atoms with Crippen molar-refractivity contribution in [1.29, 1.82) is 0 Å². The molecule has 4 nitrogen and oxygen atoms in total. The monoisotopic (exact) mass is 362 g/mol. The van der Waals surface area contributed by atoms with E-state index in [9.17, 15) is 4.79 Å². The van der Waals surface area contributed by atoms with Crippen LogP contribution in [-0.2, 0) is 4.74 Å². The Morgan fingerprint density at radius 1 is 1.53 bits per heavy atom. The van der Waals surface area contributed by atoms with Gasteiger partial charge in [0, 0.05) is 16.1 Å². The molecule has 1 heterocycles. The summed E-state index contributed by atoms with van der Waals surface area (Å²) in [4.78, 5) is 15.6. The number of carbonyl (C=O) groups excluding carboxylic acids is 1. The SMILES string of the molecule is Br.CCOC(=O)c1csc(Nc2cccc(Cl)c2)n1. The summed E-state index contributed by atoms with van der Waals surface area (Å²) < 4.78 is 4.87. The van der Waals surface area contributed by atoms with Crippen LogP contribution in [0.15, 0.2) is 29.6 Å². The van der Waals surface area contributed by atoms with Gasteiger partial charge in [-0.15, -0.1) is 28.3 Å². The number of carbonyl (C=O) groups is 1. The average molecular weight is 364 g/mol. The second-order valence-electron chi connectivity index (χ2n) is 3.39. The Hall–Kier alpha value is -1.11. The van der Waals surface area contributed by atoms with Gasteiger partial charge in [0.05, 0.1) is 6.61 Å². The lowest BCUT2D eigenvalue weighted by Crippen LogP contribution is -2.04. The van der Waals surface area contributed by atoms with Crippen molar-refractivity contribution in [2.24, 2.45) is 0 Å². The minimum Gasteiger partial charge on any atom is -0.461 e. The van der Waals surface area contributed by atoms with Gasteiger partial charge in [0.25, 0.3) is 0 Å². The molecule has 2 aromatic rings. The Bertz CT molecular complexity index is 562. The van der Waals surface area contributed by atoms with Gasteiger partial charge in [-0.3, -0.25) is 0 Å². The molecule has 0 atom stereocenters. The maximum atomic E-state index is 11.4.